The number of anilines is 1. The summed E-state index contributed by atoms with van der Waals surface area (Å²) < 4.78 is 32.2. The van der Waals surface area contributed by atoms with Gasteiger partial charge in [-0.05, 0) is 50.2 Å². The van der Waals surface area contributed by atoms with Crippen molar-refractivity contribution in [2.45, 2.75) is 24.8 Å². The molecule has 0 spiro atoms. The van der Waals surface area contributed by atoms with Crippen molar-refractivity contribution in [3.05, 3.63) is 60.5 Å². The summed E-state index contributed by atoms with van der Waals surface area (Å²) in [5, 5.41) is 10.2. The van der Waals surface area contributed by atoms with E-state index in [-0.39, 0.29) is 16.5 Å². The van der Waals surface area contributed by atoms with Gasteiger partial charge in [0.2, 0.25) is 22.3 Å². The minimum atomic E-state index is -3.68. The number of amides is 1. The molecule has 0 aliphatic carbocycles. The second-order valence-corrected chi connectivity index (χ2v) is 7.80. The number of hydrogen-bond donors (Lipinski definition) is 2. The lowest BCUT2D eigenvalue weighted by Gasteiger charge is -2.11. The summed E-state index contributed by atoms with van der Waals surface area (Å²) in [5.41, 5.74) is 1.40. The number of rotatable bonds is 6. The van der Waals surface area contributed by atoms with Gasteiger partial charge in [-0.3, -0.25) is 4.79 Å². The van der Waals surface area contributed by atoms with Crippen molar-refractivity contribution < 1.29 is 17.6 Å². The van der Waals surface area contributed by atoms with Gasteiger partial charge in [-0.1, -0.05) is 12.1 Å². The van der Waals surface area contributed by atoms with Crippen LogP contribution < -0.4 is 10.0 Å². The molecule has 0 aliphatic rings. The van der Waals surface area contributed by atoms with Gasteiger partial charge in [0.15, 0.2) is 0 Å². The molecule has 0 bridgehead atoms. The predicted molar refractivity (Wildman–Crippen MR) is 99.6 cm³/mol. The van der Waals surface area contributed by atoms with Gasteiger partial charge in [0.05, 0.1) is 4.90 Å². The molecule has 140 valence electrons. The maximum atomic E-state index is 12.5. The topological polar surface area (TPSA) is 114 Å². The number of carbonyl (C=O) groups excluding carboxylic acids is 1. The normalized spacial score (nSPS) is 11.5. The first-order valence-electron chi connectivity index (χ1n) is 8.15. The largest absolute Gasteiger partial charge is 0.423 e. The standard InChI is InChI=1S/C18H18N4O4S/c1-12(2)22-27(24,25)16-8-4-5-13(10-16)17(23)20-15-7-3-6-14(9-15)18-21-19-11-26-18/h3-12,22H,1-2H3,(H,20,23). The SMILES string of the molecule is CC(C)NS(=O)(=O)c1cccc(C(=O)Nc2cccc(-c3nnco3)c2)c1. The lowest BCUT2D eigenvalue weighted by Crippen LogP contribution is -2.30. The fraction of sp³-hybridized carbons (Fsp3) is 0.167. The van der Waals surface area contributed by atoms with E-state index < -0.39 is 15.9 Å². The molecule has 2 N–H and O–H groups in total. The van der Waals surface area contributed by atoms with Gasteiger partial charge in [-0.25, -0.2) is 13.1 Å². The van der Waals surface area contributed by atoms with Gasteiger partial charge < -0.3 is 9.73 Å². The number of benzene rings is 2. The van der Waals surface area contributed by atoms with Crippen molar-refractivity contribution >= 4 is 21.6 Å². The van der Waals surface area contributed by atoms with Crippen LogP contribution in [0.4, 0.5) is 5.69 Å². The lowest BCUT2D eigenvalue weighted by molar-refractivity contribution is 0.102. The van der Waals surface area contributed by atoms with E-state index in [0.29, 0.717) is 17.1 Å². The van der Waals surface area contributed by atoms with E-state index in [1.807, 2.05) is 0 Å². The Balaban J connectivity index is 1.81. The third-order valence-electron chi connectivity index (χ3n) is 3.52. The third kappa shape index (κ3) is 4.57. The molecule has 0 radical (unpaired) electrons. The first-order valence-corrected chi connectivity index (χ1v) is 9.64. The highest BCUT2D eigenvalue weighted by Crippen LogP contribution is 2.21. The molecule has 3 aromatic rings. The van der Waals surface area contributed by atoms with Gasteiger partial charge in [0, 0.05) is 22.9 Å². The number of sulfonamides is 1. The van der Waals surface area contributed by atoms with E-state index in [1.54, 1.807) is 44.2 Å². The van der Waals surface area contributed by atoms with Crippen LogP contribution in [0.5, 0.6) is 0 Å². The summed E-state index contributed by atoms with van der Waals surface area (Å²) in [6.07, 6.45) is 1.22. The zero-order chi connectivity index (χ0) is 19.4. The molecule has 2 aromatic carbocycles. The second kappa shape index (κ2) is 7.68. The third-order valence-corrected chi connectivity index (χ3v) is 5.18. The Morgan fingerprint density at radius 2 is 1.89 bits per heavy atom. The highest BCUT2D eigenvalue weighted by Gasteiger charge is 2.17. The maximum absolute atomic E-state index is 12.5. The molecule has 9 heteroatoms. The average Bonchev–Trinajstić information content (AvgIpc) is 3.16. The first-order chi connectivity index (χ1) is 12.8. The molecule has 0 fully saturated rings. The van der Waals surface area contributed by atoms with Crippen LogP contribution >= 0.6 is 0 Å². The van der Waals surface area contributed by atoms with Crippen LogP contribution in [-0.4, -0.2) is 30.6 Å². The fourth-order valence-electron chi connectivity index (χ4n) is 2.41. The van der Waals surface area contributed by atoms with Gasteiger partial charge in [-0.2, -0.15) is 0 Å². The lowest BCUT2D eigenvalue weighted by atomic mass is 10.1. The smallest absolute Gasteiger partial charge is 0.255 e. The van der Waals surface area contributed by atoms with Crippen molar-refractivity contribution in [3.8, 4) is 11.5 Å². The molecule has 8 nitrogen and oxygen atoms in total. The number of carbonyl (C=O) groups is 1. The van der Waals surface area contributed by atoms with Crippen LogP contribution in [0, 0.1) is 0 Å². The van der Waals surface area contributed by atoms with Gasteiger partial charge in [-0.15, -0.1) is 10.2 Å². The summed E-state index contributed by atoms with van der Waals surface area (Å²) in [5.74, 6) is -0.0989. The van der Waals surface area contributed by atoms with E-state index in [9.17, 15) is 13.2 Å². The molecular formula is C18H18N4O4S. The van der Waals surface area contributed by atoms with Crippen LogP contribution in [-0.2, 0) is 10.0 Å². The van der Waals surface area contributed by atoms with Crippen LogP contribution in [0.15, 0.2) is 64.2 Å². The number of nitrogens with one attached hydrogen (secondary N) is 2. The summed E-state index contributed by atoms with van der Waals surface area (Å²) >= 11 is 0. The molecule has 0 unspecified atom stereocenters. The highest BCUT2D eigenvalue weighted by atomic mass is 32.2. The highest BCUT2D eigenvalue weighted by molar-refractivity contribution is 7.89. The maximum Gasteiger partial charge on any atom is 0.255 e. The Bertz CT molecular complexity index is 1050. The summed E-state index contributed by atoms with van der Waals surface area (Å²) in [4.78, 5) is 12.6. The van der Waals surface area contributed by atoms with E-state index >= 15 is 0 Å². The molecule has 3 rings (SSSR count). The zero-order valence-corrected chi connectivity index (χ0v) is 15.5. The first kappa shape index (κ1) is 18.7. The number of nitrogens with zero attached hydrogens (tertiary/aromatic N) is 2. The van der Waals surface area contributed by atoms with Crippen LogP contribution in [0.3, 0.4) is 0 Å². The van der Waals surface area contributed by atoms with Gasteiger partial charge >= 0.3 is 0 Å². The minimum absolute atomic E-state index is 0.0310. The molecule has 1 aromatic heterocycles. The minimum Gasteiger partial charge on any atom is -0.423 e. The number of aromatic nitrogens is 2. The molecule has 0 saturated carbocycles. The molecule has 1 amide bonds. The van der Waals surface area contributed by atoms with E-state index in [2.05, 4.69) is 20.2 Å². The van der Waals surface area contributed by atoms with Crippen LogP contribution in [0.1, 0.15) is 24.2 Å². The van der Waals surface area contributed by atoms with E-state index in [4.69, 9.17) is 4.42 Å². The quantitative estimate of drug-likeness (QED) is 0.673. The molecule has 0 aliphatic heterocycles. The average molecular weight is 386 g/mol. The summed E-state index contributed by atoms with van der Waals surface area (Å²) in [6, 6.07) is 12.5. The van der Waals surface area contributed by atoms with Crippen LogP contribution in [0.25, 0.3) is 11.5 Å². The molecule has 1 heterocycles. The van der Waals surface area contributed by atoms with E-state index in [1.165, 1.54) is 24.6 Å². The Labute approximate surface area is 156 Å². The summed E-state index contributed by atoms with van der Waals surface area (Å²) in [7, 11) is -3.68. The van der Waals surface area contributed by atoms with Crippen molar-refractivity contribution in [1.82, 2.24) is 14.9 Å². The monoisotopic (exact) mass is 386 g/mol. The molecular weight excluding hydrogens is 368 g/mol. The Morgan fingerprint density at radius 3 is 2.59 bits per heavy atom. The molecule has 0 saturated heterocycles. The Morgan fingerprint density at radius 1 is 1.11 bits per heavy atom. The fourth-order valence-corrected chi connectivity index (χ4v) is 3.71. The molecule has 0 atom stereocenters. The van der Waals surface area contributed by atoms with Gasteiger partial charge in [0.1, 0.15) is 0 Å². The van der Waals surface area contributed by atoms with Crippen molar-refractivity contribution in [3.63, 3.8) is 0 Å². The predicted octanol–water partition coefficient (Wildman–Crippen LogP) is 2.68. The van der Waals surface area contributed by atoms with Crippen molar-refractivity contribution in [2.75, 3.05) is 5.32 Å². The van der Waals surface area contributed by atoms with E-state index in [0.717, 1.165) is 0 Å². The Hall–Kier alpha value is -3.04. The summed E-state index contributed by atoms with van der Waals surface area (Å²) in [6.45, 7) is 3.45. The van der Waals surface area contributed by atoms with Crippen molar-refractivity contribution in [2.24, 2.45) is 0 Å². The van der Waals surface area contributed by atoms with Crippen LogP contribution in [0.2, 0.25) is 0 Å². The van der Waals surface area contributed by atoms with Gasteiger partial charge in [0.25, 0.3) is 5.91 Å². The molecule has 27 heavy (non-hydrogen) atoms. The van der Waals surface area contributed by atoms with Crippen molar-refractivity contribution in [1.29, 1.82) is 0 Å². The second-order valence-electron chi connectivity index (χ2n) is 6.08. The zero-order valence-electron chi connectivity index (χ0n) is 14.7. The number of hydrogen-bond acceptors (Lipinski definition) is 6. The Kier molecular flexibility index (Phi) is 5.33.